The van der Waals surface area contributed by atoms with Gasteiger partial charge in [-0.05, 0) is 73.5 Å². The number of hydrogen-bond acceptors (Lipinski definition) is 5. The van der Waals surface area contributed by atoms with Crippen LogP contribution < -0.4 is 15.4 Å². The van der Waals surface area contributed by atoms with Crippen LogP contribution in [0, 0.1) is 13.8 Å². The first-order chi connectivity index (χ1) is 16.7. The monoisotopic (exact) mass is 558 g/mol. The van der Waals surface area contributed by atoms with Gasteiger partial charge >= 0.3 is 5.97 Å². The highest BCUT2D eigenvalue weighted by Gasteiger charge is 2.12. The second kappa shape index (κ2) is 12.4. The van der Waals surface area contributed by atoms with Crippen LogP contribution in [0.2, 0.25) is 5.02 Å². The number of rotatable bonds is 9. The van der Waals surface area contributed by atoms with Crippen molar-refractivity contribution in [1.82, 2.24) is 0 Å². The summed E-state index contributed by atoms with van der Waals surface area (Å²) >= 11 is 9.56. The zero-order valence-electron chi connectivity index (χ0n) is 19.2. The molecule has 0 aliphatic rings. The predicted molar refractivity (Wildman–Crippen MR) is 139 cm³/mol. The van der Waals surface area contributed by atoms with Gasteiger partial charge in [-0.25, -0.2) is 0 Å². The summed E-state index contributed by atoms with van der Waals surface area (Å²) < 4.78 is 11.7. The average Bonchev–Trinajstić information content (AvgIpc) is 2.82. The molecule has 9 heteroatoms. The number of carbonyl (C=O) groups excluding carboxylic acids is 3. The number of hydrogen-bond donors (Lipinski definition) is 2. The highest BCUT2D eigenvalue weighted by molar-refractivity contribution is 9.10. The Labute approximate surface area is 216 Å². The molecule has 2 N–H and O–H groups in total. The maximum absolute atomic E-state index is 12.2. The van der Waals surface area contributed by atoms with Gasteiger partial charge in [0.05, 0.1) is 11.4 Å². The number of anilines is 2. The van der Waals surface area contributed by atoms with Gasteiger partial charge in [0.2, 0.25) is 5.91 Å². The maximum Gasteiger partial charge on any atom is 0.306 e. The van der Waals surface area contributed by atoms with E-state index in [4.69, 9.17) is 21.1 Å². The van der Waals surface area contributed by atoms with E-state index in [0.717, 1.165) is 15.6 Å². The number of ether oxygens (including phenoxy) is 2. The quantitative estimate of drug-likeness (QED) is 0.295. The van der Waals surface area contributed by atoms with Gasteiger partial charge in [0.1, 0.15) is 11.5 Å². The summed E-state index contributed by atoms with van der Waals surface area (Å²) in [4.78, 5) is 36.2. The molecule has 3 rings (SSSR count). The zero-order chi connectivity index (χ0) is 25.4. The summed E-state index contributed by atoms with van der Waals surface area (Å²) in [5.74, 6) is -0.358. The third-order valence-electron chi connectivity index (χ3n) is 4.84. The normalized spacial score (nSPS) is 10.4. The van der Waals surface area contributed by atoms with Gasteiger partial charge in [-0.3, -0.25) is 14.4 Å². The molecule has 0 heterocycles. The largest absolute Gasteiger partial charge is 0.456 e. The van der Waals surface area contributed by atoms with Crippen molar-refractivity contribution in [3.05, 3.63) is 81.3 Å². The standard InChI is InChI=1S/C26H24BrClN2O5/c1-16-13-19(14-17(2)26(16)27)30-24(32)15-34-25(33)12-11-23(31)29-18-7-9-20(10-8-18)35-22-6-4-3-5-21(22)28/h3-10,13-14H,11-12,15H2,1-2H3,(H,29,31)(H,30,32). The molecule has 0 fully saturated rings. The molecule has 2 amide bonds. The summed E-state index contributed by atoms with van der Waals surface area (Å²) in [6.07, 6.45) is -0.229. The number of aryl methyl sites for hydroxylation is 2. The first kappa shape index (κ1) is 26.2. The van der Waals surface area contributed by atoms with Crippen LogP contribution in [0.15, 0.2) is 65.1 Å². The van der Waals surface area contributed by atoms with Crippen LogP contribution in [0.25, 0.3) is 0 Å². The summed E-state index contributed by atoms with van der Waals surface area (Å²) in [6, 6.07) is 17.5. The lowest BCUT2D eigenvalue weighted by molar-refractivity contribution is -0.147. The molecule has 0 saturated carbocycles. The Kier molecular flexibility index (Phi) is 9.28. The minimum absolute atomic E-state index is 0.0799. The highest BCUT2D eigenvalue weighted by atomic mass is 79.9. The lowest BCUT2D eigenvalue weighted by Crippen LogP contribution is -2.22. The Morgan fingerprint density at radius 1 is 0.857 bits per heavy atom. The fourth-order valence-electron chi connectivity index (χ4n) is 3.13. The van der Waals surface area contributed by atoms with E-state index in [2.05, 4.69) is 26.6 Å². The van der Waals surface area contributed by atoms with E-state index < -0.39 is 18.5 Å². The van der Waals surface area contributed by atoms with Crippen molar-refractivity contribution in [2.75, 3.05) is 17.2 Å². The molecular weight excluding hydrogens is 536 g/mol. The van der Waals surface area contributed by atoms with Crippen molar-refractivity contribution in [3.8, 4) is 11.5 Å². The van der Waals surface area contributed by atoms with Crippen molar-refractivity contribution in [3.63, 3.8) is 0 Å². The second-order valence-corrected chi connectivity index (χ2v) is 8.94. The minimum atomic E-state index is -0.637. The fraction of sp³-hybridized carbons (Fsp3) is 0.192. The summed E-state index contributed by atoms with van der Waals surface area (Å²) in [5.41, 5.74) is 3.12. The van der Waals surface area contributed by atoms with E-state index in [0.29, 0.717) is 27.9 Å². The molecule has 0 saturated heterocycles. The average molecular weight is 560 g/mol. The lowest BCUT2D eigenvalue weighted by Gasteiger charge is -2.10. The maximum atomic E-state index is 12.2. The molecule has 0 bridgehead atoms. The Bertz CT molecular complexity index is 1210. The molecule has 0 aliphatic heterocycles. The van der Waals surface area contributed by atoms with Crippen LogP contribution in [0.5, 0.6) is 11.5 Å². The van der Waals surface area contributed by atoms with Crippen LogP contribution in [0.4, 0.5) is 11.4 Å². The fourth-order valence-corrected chi connectivity index (χ4v) is 3.54. The van der Waals surface area contributed by atoms with Gasteiger partial charge in [-0.2, -0.15) is 0 Å². The Morgan fingerprint density at radius 2 is 1.49 bits per heavy atom. The van der Waals surface area contributed by atoms with Crippen molar-refractivity contribution >= 4 is 56.7 Å². The van der Waals surface area contributed by atoms with Gasteiger partial charge in [-0.15, -0.1) is 0 Å². The Morgan fingerprint density at radius 3 is 2.14 bits per heavy atom. The van der Waals surface area contributed by atoms with Crippen LogP contribution in [-0.2, 0) is 19.1 Å². The van der Waals surface area contributed by atoms with Crippen molar-refractivity contribution in [2.45, 2.75) is 26.7 Å². The van der Waals surface area contributed by atoms with Gasteiger partial charge in [0.25, 0.3) is 5.91 Å². The van der Waals surface area contributed by atoms with Gasteiger partial charge in [0, 0.05) is 22.3 Å². The van der Waals surface area contributed by atoms with E-state index in [-0.39, 0.29) is 18.7 Å². The molecule has 3 aromatic carbocycles. The summed E-state index contributed by atoms with van der Waals surface area (Å²) in [5, 5.41) is 5.89. The number of amides is 2. The number of nitrogens with one attached hydrogen (secondary N) is 2. The van der Waals surface area contributed by atoms with Gasteiger partial charge in [0.15, 0.2) is 6.61 Å². The smallest absolute Gasteiger partial charge is 0.306 e. The highest BCUT2D eigenvalue weighted by Crippen LogP contribution is 2.29. The first-order valence-corrected chi connectivity index (χ1v) is 11.9. The van der Waals surface area contributed by atoms with E-state index in [1.807, 2.05) is 38.1 Å². The van der Waals surface area contributed by atoms with Gasteiger partial charge in [-0.1, -0.05) is 39.7 Å². The number of carbonyl (C=O) groups is 3. The number of benzene rings is 3. The predicted octanol–water partition coefficient (Wildman–Crippen LogP) is 6.41. The topological polar surface area (TPSA) is 93.7 Å². The second-order valence-electron chi connectivity index (χ2n) is 7.74. The molecular formula is C26H24BrClN2O5. The molecule has 0 aliphatic carbocycles. The Hall–Kier alpha value is -3.36. The van der Waals surface area contributed by atoms with E-state index in [1.165, 1.54) is 0 Å². The zero-order valence-corrected chi connectivity index (χ0v) is 21.5. The van der Waals surface area contributed by atoms with Crippen molar-refractivity contribution in [1.29, 1.82) is 0 Å². The molecule has 0 radical (unpaired) electrons. The van der Waals surface area contributed by atoms with E-state index >= 15 is 0 Å². The van der Waals surface area contributed by atoms with E-state index in [1.54, 1.807) is 36.4 Å². The third-order valence-corrected chi connectivity index (χ3v) is 6.41. The van der Waals surface area contributed by atoms with Crippen LogP contribution >= 0.6 is 27.5 Å². The van der Waals surface area contributed by atoms with Crippen molar-refractivity contribution < 1.29 is 23.9 Å². The van der Waals surface area contributed by atoms with Crippen LogP contribution in [0.3, 0.4) is 0 Å². The number of halogens is 2. The summed E-state index contributed by atoms with van der Waals surface area (Å²) in [6.45, 7) is 3.41. The number of para-hydroxylation sites is 1. The molecule has 0 spiro atoms. The first-order valence-electron chi connectivity index (χ1n) is 10.8. The molecule has 0 atom stereocenters. The molecule has 3 aromatic rings. The lowest BCUT2D eigenvalue weighted by atomic mass is 10.1. The minimum Gasteiger partial charge on any atom is -0.456 e. The van der Waals surface area contributed by atoms with Crippen LogP contribution in [0.1, 0.15) is 24.0 Å². The molecule has 182 valence electrons. The molecule has 35 heavy (non-hydrogen) atoms. The van der Waals surface area contributed by atoms with Crippen LogP contribution in [-0.4, -0.2) is 24.4 Å². The molecule has 0 unspecified atom stereocenters. The SMILES string of the molecule is Cc1cc(NC(=O)COC(=O)CCC(=O)Nc2ccc(Oc3ccccc3Cl)cc2)cc(C)c1Br. The van der Waals surface area contributed by atoms with E-state index in [9.17, 15) is 14.4 Å². The number of esters is 1. The third kappa shape index (κ3) is 8.12. The Balaban J connectivity index is 1.39. The summed E-state index contributed by atoms with van der Waals surface area (Å²) in [7, 11) is 0. The van der Waals surface area contributed by atoms with Crippen molar-refractivity contribution in [2.24, 2.45) is 0 Å². The van der Waals surface area contributed by atoms with Gasteiger partial charge < -0.3 is 20.1 Å². The molecule has 7 nitrogen and oxygen atoms in total. The molecule has 0 aromatic heterocycles.